The highest BCUT2D eigenvalue weighted by molar-refractivity contribution is 7.89. The molecular formula is C15H21NO3S. The van der Waals surface area contributed by atoms with E-state index in [0.717, 1.165) is 11.1 Å². The van der Waals surface area contributed by atoms with Crippen molar-refractivity contribution in [1.29, 1.82) is 0 Å². The average molecular weight is 295 g/mol. The number of sulfonamides is 1. The van der Waals surface area contributed by atoms with Crippen LogP contribution in [0.5, 0.6) is 0 Å². The Balaban J connectivity index is 2.26. The number of nitrogens with zero attached hydrogens (tertiary/aromatic N) is 1. The first-order chi connectivity index (χ1) is 9.32. The summed E-state index contributed by atoms with van der Waals surface area (Å²) in [5, 5.41) is 9.95. The van der Waals surface area contributed by atoms with Gasteiger partial charge < -0.3 is 5.11 Å². The summed E-state index contributed by atoms with van der Waals surface area (Å²) in [7, 11) is -3.49. The van der Waals surface area contributed by atoms with Crippen molar-refractivity contribution in [1.82, 2.24) is 4.31 Å². The van der Waals surface area contributed by atoms with Crippen LogP contribution in [0.2, 0.25) is 0 Å². The second kappa shape index (κ2) is 5.68. The maximum atomic E-state index is 12.6. The van der Waals surface area contributed by atoms with Crippen molar-refractivity contribution in [2.24, 2.45) is 5.92 Å². The van der Waals surface area contributed by atoms with Gasteiger partial charge in [-0.25, -0.2) is 8.42 Å². The Labute approximate surface area is 120 Å². The first-order valence-electron chi connectivity index (χ1n) is 6.72. The molecule has 1 aliphatic rings. The van der Waals surface area contributed by atoms with Crippen LogP contribution in [-0.2, 0) is 10.0 Å². The molecule has 0 saturated carbocycles. The van der Waals surface area contributed by atoms with Gasteiger partial charge in [0.25, 0.3) is 0 Å². The molecule has 0 radical (unpaired) electrons. The van der Waals surface area contributed by atoms with E-state index in [1.165, 1.54) is 4.31 Å². The quantitative estimate of drug-likeness (QED) is 0.867. The third-order valence-electron chi connectivity index (χ3n) is 3.83. The number of benzene rings is 1. The molecule has 1 aliphatic heterocycles. The Morgan fingerprint density at radius 1 is 1.35 bits per heavy atom. The number of aliphatic hydroxyl groups excluding tert-OH is 1. The number of rotatable bonds is 3. The Bertz CT molecular complexity index is 592. The molecule has 0 aromatic heterocycles. The molecule has 1 aromatic rings. The highest BCUT2D eigenvalue weighted by atomic mass is 32.2. The van der Waals surface area contributed by atoms with Gasteiger partial charge in [0.2, 0.25) is 10.0 Å². The van der Waals surface area contributed by atoms with Crippen LogP contribution in [0.15, 0.2) is 41.3 Å². The summed E-state index contributed by atoms with van der Waals surface area (Å²) < 4.78 is 26.6. The van der Waals surface area contributed by atoms with Gasteiger partial charge in [-0.15, -0.1) is 0 Å². The van der Waals surface area contributed by atoms with Gasteiger partial charge in [-0.2, -0.15) is 4.31 Å². The molecule has 1 saturated heterocycles. The van der Waals surface area contributed by atoms with Gasteiger partial charge in [-0.1, -0.05) is 29.8 Å². The SMILES string of the molecule is C=C(C)[C@@H]1CN(S(=O)(=O)c2ccc(C)cc2)CC[C@H]1O. The third kappa shape index (κ3) is 2.95. The number of hydrogen-bond donors (Lipinski definition) is 1. The molecule has 0 unspecified atom stereocenters. The second-order valence-electron chi connectivity index (χ2n) is 5.48. The normalized spacial score (nSPS) is 24.6. The van der Waals surface area contributed by atoms with Crippen molar-refractivity contribution in [2.75, 3.05) is 13.1 Å². The smallest absolute Gasteiger partial charge is 0.243 e. The van der Waals surface area contributed by atoms with E-state index in [2.05, 4.69) is 6.58 Å². The minimum absolute atomic E-state index is 0.191. The van der Waals surface area contributed by atoms with E-state index < -0.39 is 16.1 Å². The summed E-state index contributed by atoms with van der Waals surface area (Å²) in [5.41, 5.74) is 1.85. The lowest BCUT2D eigenvalue weighted by atomic mass is 9.90. The van der Waals surface area contributed by atoms with E-state index in [1.54, 1.807) is 24.3 Å². The molecule has 1 aromatic carbocycles. The Morgan fingerprint density at radius 2 is 1.95 bits per heavy atom. The predicted molar refractivity (Wildman–Crippen MR) is 78.9 cm³/mol. The minimum Gasteiger partial charge on any atom is -0.392 e. The largest absolute Gasteiger partial charge is 0.392 e. The van der Waals surface area contributed by atoms with Crippen LogP contribution in [0.4, 0.5) is 0 Å². The second-order valence-corrected chi connectivity index (χ2v) is 7.42. The van der Waals surface area contributed by atoms with Gasteiger partial charge in [0.15, 0.2) is 0 Å². The molecule has 2 rings (SSSR count). The monoisotopic (exact) mass is 295 g/mol. The summed E-state index contributed by atoms with van der Waals surface area (Å²) in [4.78, 5) is 0.306. The van der Waals surface area contributed by atoms with E-state index in [4.69, 9.17) is 0 Å². The molecular weight excluding hydrogens is 274 g/mol. The summed E-state index contributed by atoms with van der Waals surface area (Å²) in [6.07, 6.45) is -0.0558. The lowest BCUT2D eigenvalue weighted by Crippen LogP contribution is -2.46. The van der Waals surface area contributed by atoms with Crippen molar-refractivity contribution in [3.05, 3.63) is 42.0 Å². The van der Waals surface area contributed by atoms with Gasteiger partial charge in [0, 0.05) is 19.0 Å². The van der Waals surface area contributed by atoms with Crippen molar-refractivity contribution in [3.63, 3.8) is 0 Å². The van der Waals surface area contributed by atoms with Crippen molar-refractivity contribution in [3.8, 4) is 0 Å². The molecule has 110 valence electrons. The predicted octanol–water partition coefficient (Wildman–Crippen LogP) is 1.94. The molecule has 2 atom stereocenters. The maximum absolute atomic E-state index is 12.6. The van der Waals surface area contributed by atoms with Gasteiger partial charge in [0.05, 0.1) is 11.0 Å². The van der Waals surface area contributed by atoms with Crippen LogP contribution < -0.4 is 0 Å². The van der Waals surface area contributed by atoms with E-state index in [0.29, 0.717) is 24.4 Å². The lowest BCUT2D eigenvalue weighted by Gasteiger charge is -2.35. The minimum atomic E-state index is -3.49. The molecule has 20 heavy (non-hydrogen) atoms. The molecule has 1 N–H and O–H groups in total. The van der Waals surface area contributed by atoms with E-state index in [-0.39, 0.29) is 5.92 Å². The Kier molecular flexibility index (Phi) is 4.32. The maximum Gasteiger partial charge on any atom is 0.243 e. The van der Waals surface area contributed by atoms with Crippen molar-refractivity contribution in [2.45, 2.75) is 31.3 Å². The van der Waals surface area contributed by atoms with E-state index in [9.17, 15) is 13.5 Å². The number of piperidine rings is 1. The van der Waals surface area contributed by atoms with Gasteiger partial charge in [-0.05, 0) is 32.4 Å². The summed E-state index contributed by atoms with van der Waals surface area (Å²) in [6.45, 7) is 8.25. The zero-order chi connectivity index (χ0) is 14.9. The van der Waals surface area contributed by atoms with Gasteiger partial charge in [0.1, 0.15) is 0 Å². The zero-order valence-electron chi connectivity index (χ0n) is 11.9. The average Bonchev–Trinajstić information content (AvgIpc) is 2.39. The van der Waals surface area contributed by atoms with Crippen LogP contribution in [-0.4, -0.2) is 37.0 Å². The molecule has 0 spiro atoms. The lowest BCUT2D eigenvalue weighted by molar-refractivity contribution is 0.0710. The number of aryl methyl sites for hydroxylation is 1. The van der Waals surface area contributed by atoms with E-state index in [1.807, 2.05) is 13.8 Å². The summed E-state index contributed by atoms with van der Waals surface area (Å²) in [6, 6.07) is 6.85. The van der Waals surface area contributed by atoms with Gasteiger partial charge in [-0.3, -0.25) is 0 Å². The first kappa shape index (κ1) is 15.2. The fraction of sp³-hybridized carbons (Fsp3) is 0.467. The summed E-state index contributed by atoms with van der Waals surface area (Å²) >= 11 is 0. The summed E-state index contributed by atoms with van der Waals surface area (Å²) in [5.74, 6) is -0.191. The molecule has 0 aliphatic carbocycles. The van der Waals surface area contributed by atoms with Crippen LogP contribution in [0.25, 0.3) is 0 Å². The Morgan fingerprint density at radius 3 is 2.50 bits per heavy atom. The molecule has 4 nitrogen and oxygen atoms in total. The number of aliphatic hydroxyl groups is 1. The molecule has 1 heterocycles. The van der Waals surface area contributed by atoms with Crippen LogP contribution in [0, 0.1) is 12.8 Å². The first-order valence-corrected chi connectivity index (χ1v) is 8.16. The molecule has 5 heteroatoms. The topological polar surface area (TPSA) is 57.6 Å². The fourth-order valence-corrected chi connectivity index (χ4v) is 3.95. The standard InChI is InChI=1S/C15H21NO3S/c1-11(2)14-10-16(9-8-15(14)17)20(18,19)13-6-4-12(3)5-7-13/h4-7,14-15,17H,1,8-10H2,2-3H3/t14-,15+/m0/s1. The fourth-order valence-electron chi connectivity index (χ4n) is 2.47. The molecule has 0 amide bonds. The van der Waals surface area contributed by atoms with Crippen molar-refractivity contribution < 1.29 is 13.5 Å². The highest BCUT2D eigenvalue weighted by Gasteiger charge is 2.34. The van der Waals surface area contributed by atoms with Crippen LogP contribution in [0.1, 0.15) is 18.9 Å². The highest BCUT2D eigenvalue weighted by Crippen LogP contribution is 2.27. The van der Waals surface area contributed by atoms with Crippen molar-refractivity contribution >= 4 is 10.0 Å². The van der Waals surface area contributed by atoms with Gasteiger partial charge >= 0.3 is 0 Å². The number of hydrogen-bond acceptors (Lipinski definition) is 3. The Hall–Kier alpha value is -1.17. The third-order valence-corrected chi connectivity index (χ3v) is 5.71. The molecule has 1 fully saturated rings. The van der Waals surface area contributed by atoms with E-state index >= 15 is 0 Å². The molecule has 0 bridgehead atoms. The van der Waals surface area contributed by atoms with Crippen LogP contribution in [0.3, 0.4) is 0 Å². The zero-order valence-corrected chi connectivity index (χ0v) is 12.7. The van der Waals surface area contributed by atoms with Crippen LogP contribution >= 0.6 is 0 Å².